The Morgan fingerprint density at radius 1 is 1.50 bits per heavy atom. The van der Waals surface area contributed by atoms with E-state index >= 15 is 0 Å². The summed E-state index contributed by atoms with van der Waals surface area (Å²) in [5.74, 6) is 0. The molecule has 0 aromatic carbocycles. The van der Waals surface area contributed by atoms with Crippen molar-refractivity contribution in [1.82, 2.24) is 0 Å². The van der Waals surface area contributed by atoms with Crippen LogP contribution in [0.5, 0.6) is 0 Å². The molecule has 0 saturated heterocycles. The van der Waals surface area contributed by atoms with E-state index in [4.69, 9.17) is 5.73 Å². The van der Waals surface area contributed by atoms with E-state index in [9.17, 15) is 4.39 Å². The van der Waals surface area contributed by atoms with Gasteiger partial charge in [-0.3, -0.25) is 0 Å². The fourth-order valence-corrected chi connectivity index (χ4v) is 0.729. The molecule has 0 aliphatic heterocycles. The molecule has 1 aliphatic rings. The summed E-state index contributed by atoms with van der Waals surface area (Å²) in [4.78, 5) is 0. The van der Waals surface area contributed by atoms with E-state index < -0.39 is 11.2 Å². The number of alkyl halides is 1. The summed E-state index contributed by atoms with van der Waals surface area (Å²) >= 11 is 0. The second kappa shape index (κ2) is 1.24. The molecular formula is C6H12FN. The molecule has 0 heterocycles. The predicted octanol–water partition coefficient (Wildman–Crippen LogP) is 1.23. The van der Waals surface area contributed by atoms with E-state index in [-0.39, 0.29) is 0 Å². The minimum absolute atomic E-state index is 0.479. The van der Waals surface area contributed by atoms with Gasteiger partial charge in [0, 0.05) is 5.54 Å². The fourth-order valence-electron chi connectivity index (χ4n) is 0.729. The standard InChI is InChI=1S/C6H12FN/c1-5(2,7)6(8)3-4-6/h3-4,8H2,1-2H3. The quantitative estimate of drug-likeness (QED) is 0.549. The van der Waals surface area contributed by atoms with Gasteiger partial charge in [0.2, 0.25) is 0 Å². The topological polar surface area (TPSA) is 26.0 Å². The lowest BCUT2D eigenvalue weighted by molar-refractivity contribution is 0.159. The van der Waals surface area contributed by atoms with E-state index in [1.165, 1.54) is 0 Å². The number of halogens is 1. The van der Waals surface area contributed by atoms with Crippen LogP contribution in [0.3, 0.4) is 0 Å². The highest BCUT2D eigenvalue weighted by atomic mass is 19.1. The van der Waals surface area contributed by atoms with E-state index in [1.807, 2.05) is 0 Å². The van der Waals surface area contributed by atoms with Gasteiger partial charge in [0.1, 0.15) is 5.67 Å². The first-order chi connectivity index (χ1) is 3.46. The Labute approximate surface area is 49.1 Å². The van der Waals surface area contributed by atoms with Crippen molar-refractivity contribution in [3.8, 4) is 0 Å². The van der Waals surface area contributed by atoms with Gasteiger partial charge in [-0.05, 0) is 26.7 Å². The molecule has 0 spiro atoms. The highest BCUT2D eigenvalue weighted by Gasteiger charge is 2.51. The monoisotopic (exact) mass is 117 g/mol. The smallest absolute Gasteiger partial charge is 0.123 e. The molecule has 1 rings (SSSR count). The normalized spacial score (nSPS) is 25.5. The first-order valence-electron chi connectivity index (χ1n) is 2.93. The molecule has 0 amide bonds. The van der Waals surface area contributed by atoms with Crippen molar-refractivity contribution in [2.45, 2.75) is 37.9 Å². The lowest BCUT2D eigenvalue weighted by Crippen LogP contribution is -2.41. The number of hydrogen-bond donors (Lipinski definition) is 1. The average Bonchev–Trinajstić information content (AvgIpc) is 2.16. The van der Waals surface area contributed by atoms with Crippen molar-refractivity contribution < 1.29 is 4.39 Å². The molecule has 48 valence electrons. The van der Waals surface area contributed by atoms with E-state index in [0.717, 1.165) is 12.8 Å². The third kappa shape index (κ3) is 0.730. The first-order valence-corrected chi connectivity index (χ1v) is 2.93. The molecule has 2 N–H and O–H groups in total. The summed E-state index contributed by atoms with van der Waals surface area (Å²) in [6.45, 7) is 3.08. The van der Waals surface area contributed by atoms with Crippen LogP contribution < -0.4 is 5.73 Å². The van der Waals surface area contributed by atoms with Gasteiger partial charge in [-0.1, -0.05) is 0 Å². The lowest BCUT2D eigenvalue weighted by Gasteiger charge is -2.21. The van der Waals surface area contributed by atoms with Gasteiger partial charge in [-0.15, -0.1) is 0 Å². The lowest BCUT2D eigenvalue weighted by atomic mass is 10.00. The van der Waals surface area contributed by atoms with Crippen LogP contribution in [0, 0.1) is 0 Å². The van der Waals surface area contributed by atoms with Gasteiger partial charge >= 0.3 is 0 Å². The SMILES string of the molecule is CC(C)(F)C1(N)CC1. The highest BCUT2D eigenvalue weighted by Crippen LogP contribution is 2.43. The van der Waals surface area contributed by atoms with Crippen molar-refractivity contribution in [2.75, 3.05) is 0 Å². The third-order valence-corrected chi connectivity index (χ3v) is 1.97. The summed E-state index contributed by atoms with van der Waals surface area (Å²) < 4.78 is 12.8. The zero-order valence-electron chi connectivity index (χ0n) is 5.37. The van der Waals surface area contributed by atoms with Gasteiger partial charge < -0.3 is 5.73 Å². The minimum atomic E-state index is -1.17. The van der Waals surface area contributed by atoms with Crippen LogP contribution >= 0.6 is 0 Å². The van der Waals surface area contributed by atoms with Crippen LogP contribution in [0.25, 0.3) is 0 Å². The minimum Gasteiger partial charge on any atom is -0.322 e. The van der Waals surface area contributed by atoms with Gasteiger partial charge in [0.05, 0.1) is 0 Å². The summed E-state index contributed by atoms with van der Waals surface area (Å²) in [6.07, 6.45) is 1.69. The Hall–Kier alpha value is -0.110. The second-order valence-electron chi connectivity index (χ2n) is 3.13. The molecule has 0 unspecified atom stereocenters. The van der Waals surface area contributed by atoms with E-state index in [1.54, 1.807) is 13.8 Å². The summed E-state index contributed by atoms with van der Waals surface area (Å²) in [5.41, 5.74) is 3.90. The van der Waals surface area contributed by atoms with Crippen molar-refractivity contribution in [2.24, 2.45) is 5.73 Å². The Morgan fingerprint density at radius 3 is 1.88 bits per heavy atom. The second-order valence-corrected chi connectivity index (χ2v) is 3.13. The van der Waals surface area contributed by atoms with Crippen LogP contribution in [0.1, 0.15) is 26.7 Å². The Balaban J connectivity index is 2.58. The Bertz CT molecular complexity index is 96.3. The van der Waals surface area contributed by atoms with Crippen LogP contribution in [-0.2, 0) is 0 Å². The maximum Gasteiger partial charge on any atom is 0.123 e. The molecule has 1 saturated carbocycles. The molecule has 1 fully saturated rings. The van der Waals surface area contributed by atoms with Gasteiger partial charge in [0.25, 0.3) is 0 Å². The summed E-state index contributed by atoms with van der Waals surface area (Å²) in [5, 5.41) is 0. The highest BCUT2D eigenvalue weighted by molar-refractivity contribution is 5.09. The third-order valence-electron chi connectivity index (χ3n) is 1.97. The zero-order valence-corrected chi connectivity index (χ0v) is 5.37. The van der Waals surface area contributed by atoms with Crippen molar-refractivity contribution in [3.63, 3.8) is 0 Å². The van der Waals surface area contributed by atoms with Crippen LogP contribution in [-0.4, -0.2) is 11.2 Å². The fraction of sp³-hybridized carbons (Fsp3) is 1.00. The number of hydrogen-bond acceptors (Lipinski definition) is 1. The van der Waals surface area contributed by atoms with Gasteiger partial charge in [-0.25, -0.2) is 4.39 Å². The zero-order chi connectivity index (χ0) is 6.41. The van der Waals surface area contributed by atoms with Gasteiger partial charge in [0.15, 0.2) is 0 Å². The molecule has 0 aromatic rings. The van der Waals surface area contributed by atoms with E-state index in [0.29, 0.717) is 0 Å². The number of rotatable bonds is 1. The summed E-state index contributed by atoms with van der Waals surface area (Å²) in [6, 6.07) is 0. The maximum atomic E-state index is 12.8. The van der Waals surface area contributed by atoms with Crippen molar-refractivity contribution in [3.05, 3.63) is 0 Å². The molecule has 0 aromatic heterocycles. The van der Waals surface area contributed by atoms with Crippen LogP contribution in [0.15, 0.2) is 0 Å². The number of nitrogens with two attached hydrogens (primary N) is 1. The van der Waals surface area contributed by atoms with Crippen molar-refractivity contribution >= 4 is 0 Å². The first kappa shape index (κ1) is 6.02. The van der Waals surface area contributed by atoms with Crippen LogP contribution in [0.4, 0.5) is 4.39 Å². The Morgan fingerprint density at radius 2 is 1.88 bits per heavy atom. The molecule has 1 aliphatic carbocycles. The molecule has 0 radical (unpaired) electrons. The molecule has 8 heavy (non-hydrogen) atoms. The molecule has 2 heteroatoms. The predicted molar refractivity (Wildman–Crippen MR) is 31.3 cm³/mol. The average molecular weight is 117 g/mol. The van der Waals surface area contributed by atoms with E-state index in [2.05, 4.69) is 0 Å². The van der Waals surface area contributed by atoms with Crippen molar-refractivity contribution in [1.29, 1.82) is 0 Å². The Kier molecular flexibility index (Phi) is 0.932. The largest absolute Gasteiger partial charge is 0.322 e. The maximum absolute atomic E-state index is 12.8. The molecular weight excluding hydrogens is 105 g/mol. The molecule has 0 bridgehead atoms. The van der Waals surface area contributed by atoms with Crippen LogP contribution in [0.2, 0.25) is 0 Å². The molecule has 1 nitrogen and oxygen atoms in total. The van der Waals surface area contributed by atoms with Gasteiger partial charge in [-0.2, -0.15) is 0 Å². The molecule has 0 atom stereocenters. The summed E-state index contributed by atoms with van der Waals surface area (Å²) in [7, 11) is 0.